The molecule has 2 fully saturated rings. The average Bonchev–Trinajstić information content (AvgIpc) is 3.26. The van der Waals surface area contributed by atoms with E-state index in [2.05, 4.69) is 28.4 Å². The van der Waals surface area contributed by atoms with Gasteiger partial charge in [-0.2, -0.15) is 0 Å². The maximum absolute atomic E-state index is 12.4. The molecule has 144 valence electrons. The molecule has 0 radical (unpaired) electrons. The maximum atomic E-state index is 12.4. The Bertz CT molecular complexity index is 760. The molecule has 1 aliphatic heterocycles. The largest absolute Gasteiger partial charge is 0.491 e. The Hall–Kier alpha value is -2.27. The van der Waals surface area contributed by atoms with Crippen LogP contribution in [0, 0.1) is 0 Å². The molecule has 1 aliphatic carbocycles. The van der Waals surface area contributed by atoms with Gasteiger partial charge in [-0.15, -0.1) is 0 Å². The van der Waals surface area contributed by atoms with Gasteiger partial charge in [0.15, 0.2) is 0 Å². The van der Waals surface area contributed by atoms with E-state index in [1.165, 1.54) is 31.1 Å². The van der Waals surface area contributed by atoms with E-state index in [1.54, 1.807) is 0 Å². The molecule has 27 heavy (non-hydrogen) atoms. The van der Waals surface area contributed by atoms with Crippen LogP contribution in [0.2, 0.25) is 0 Å². The fourth-order valence-electron chi connectivity index (χ4n) is 4.31. The smallest absolute Gasteiger partial charge is 0.317 e. The van der Waals surface area contributed by atoms with Crippen LogP contribution >= 0.6 is 0 Å². The topological polar surface area (TPSA) is 44.8 Å². The van der Waals surface area contributed by atoms with Crippen LogP contribution in [0.25, 0.3) is 10.8 Å². The van der Waals surface area contributed by atoms with E-state index in [0.29, 0.717) is 13.2 Å². The summed E-state index contributed by atoms with van der Waals surface area (Å²) in [6, 6.07) is 15.0. The number of hydrogen-bond acceptors (Lipinski definition) is 3. The lowest BCUT2D eigenvalue weighted by Crippen LogP contribution is -2.54. The summed E-state index contributed by atoms with van der Waals surface area (Å²) in [5.41, 5.74) is 0. The fraction of sp³-hybridized carbons (Fsp3) is 0.500. The van der Waals surface area contributed by atoms with Crippen molar-refractivity contribution < 1.29 is 9.53 Å². The highest BCUT2D eigenvalue weighted by atomic mass is 16.5. The second kappa shape index (κ2) is 8.61. The summed E-state index contributed by atoms with van der Waals surface area (Å²) >= 11 is 0. The zero-order valence-electron chi connectivity index (χ0n) is 15.9. The monoisotopic (exact) mass is 367 g/mol. The average molecular weight is 367 g/mol. The van der Waals surface area contributed by atoms with Crippen molar-refractivity contribution in [3.05, 3.63) is 42.5 Å². The second-order valence-electron chi connectivity index (χ2n) is 7.52. The summed E-state index contributed by atoms with van der Waals surface area (Å²) in [6.07, 6.45) is 5.39. The molecule has 5 nitrogen and oxygen atoms in total. The summed E-state index contributed by atoms with van der Waals surface area (Å²) in [4.78, 5) is 16.9. The number of carbonyl (C=O) groups excluding carboxylic acids is 1. The first kappa shape index (κ1) is 18.1. The van der Waals surface area contributed by atoms with Gasteiger partial charge in [-0.3, -0.25) is 4.90 Å². The standard InChI is InChI=1S/C22H29N3O2/c26-22(25-15-13-24(14-16-25)19-8-2-3-9-19)23-12-17-27-21-11-5-7-18-6-1-4-10-20(18)21/h1,4-7,10-11,19H,2-3,8-9,12-17H2,(H,23,26). The van der Waals surface area contributed by atoms with Crippen molar-refractivity contribution >= 4 is 16.8 Å². The zero-order chi connectivity index (χ0) is 18.5. The third kappa shape index (κ3) is 4.35. The Kier molecular flexibility index (Phi) is 5.78. The summed E-state index contributed by atoms with van der Waals surface area (Å²) in [5.74, 6) is 0.868. The lowest BCUT2D eigenvalue weighted by Gasteiger charge is -2.38. The molecule has 2 amide bonds. The molecule has 1 heterocycles. The van der Waals surface area contributed by atoms with Crippen molar-refractivity contribution in [3.8, 4) is 5.75 Å². The number of piperazine rings is 1. The van der Waals surface area contributed by atoms with Crippen LogP contribution in [0.4, 0.5) is 4.79 Å². The number of nitrogens with one attached hydrogen (secondary N) is 1. The Balaban J connectivity index is 1.20. The first-order valence-electron chi connectivity index (χ1n) is 10.2. The molecule has 0 aromatic heterocycles. The van der Waals surface area contributed by atoms with E-state index in [-0.39, 0.29) is 6.03 Å². The number of rotatable bonds is 5. The van der Waals surface area contributed by atoms with Crippen LogP contribution in [-0.4, -0.2) is 61.2 Å². The van der Waals surface area contributed by atoms with E-state index in [4.69, 9.17) is 4.74 Å². The van der Waals surface area contributed by atoms with Crippen molar-refractivity contribution in [2.75, 3.05) is 39.3 Å². The van der Waals surface area contributed by atoms with E-state index in [1.807, 2.05) is 29.2 Å². The van der Waals surface area contributed by atoms with Crippen LogP contribution in [0.5, 0.6) is 5.75 Å². The summed E-state index contributed by atoms with van der Waals surface area (Å²) in [6.45, 7) is 4.65. The normalized spacial score (nSPS) is 18.7. The lowest BCUT2D eigenvalue weighted by atomic mass is 10.1. The molecule has 0 spiro atoms. The third-order valence-corrected chi connectivity index (χ3v) is 5.83. The van der Waals surface area contributed by atoms with Crippen molar-refractivity contribution in [1.29, 1.82) is 0 Å². The minimum Gasteiger partial charge on any atom is -0.491 e. The van der Waals surface area contributed by atoms with Gasteiger partial charge in [-0.05, 0) is 24.3 Å². The van der Waals surface area contributed by atoms with Crippen LogP contribution in [0.1, 0.15) is 25.7 Å². The number of urea groups is 1. The minimum atomic E-state index is 0.0302. The van der Waals surface area contributed by atoms with Gasteiger partial charge in [0.2, 0.25) is 0 Å². The molecule has 4 rings (SSSR count). The van der Waals surface area contributed by atoms with Crippen LogP contribution in [0.3, 0.4) is 0 Å². The number of carbonyl (C=O) groups is 1. The molecule has 2 aromatic rings. The minimum absolute atomic E-state index is 0.0302. The number of amides is 2. The molecular weight excluding hydrogens is 338 g/mol. The number of benzene rings is 2. The van der Waals surface area contributed by atoms with Crippen LogP contribution in [-0.2, 0) is 0 Å². The Morgan fingerprint density at radius 3 is 2.56 bits per heavy atom. The van der Waals surface area contributed by atoms with Crippen LogP contribution < -0.4 is 10.1 Å². The summed E-state index contributed by atoms with van der Waals surface area (Å²) < 4.78 is 5.90. The van der Waals surface area contributed by atoms with E-state index < -0.39 is 0 Å². The number of fused-ring (bicyclic) bond motifs is 1. The van der Waals surface area contributed by atoms with Gasteiger partial charge >= 0.3 is 6.03 Å². The molecule has 1 saturated heterocycles. The molecule has 2 aliphatic rings. The molecule has 0 atom stereocenters. The van der Waals surface area contributed by atoms with Crippen molar-refractivity contribution in [3.63, 3.8) is 0 Å². The van der Waals surface area contributed by atoms with Gasteiger partial charge in [-0.25, -0.2) is 4.79 Å². The quantitative estimate of drug-likeness (QED) is 0.823. The highest BCUT2D eigenvalue weighted by Crippen LogP contribution is 2.25. The predicted octanol–water partition coefficient (Wildman–Crippen LogP) is 3.49. The van der Waals surface area contributed by atoms with E-state index >= 15 is 0 Å². The molecule has 5 heteroatoms. The predicted molar refractivity (Wildman–Crippen MR) is 108 cm³/mol. The highest BCUT2D eigenvalue weighted by molar-refractivity contribution is 5.88. The number of ether oxygens (including phenoxy) is 1. The van der Waals surface area contributed by atoms with Crippen LogP contribution in [0.15, 0.2) is 42.5 Å². The van der Waals surface area contributed by atoms with Gasteiger partial charge < -0.3 is 15.0 Å². The summed E-state index contributed by atoms with van der Waals surface area (Å²) in [5, 5.41) is 5.27. The zero-order valence-corrected chi connectivity index (χ0v) is 15.9. The summed E-state index contributed by atoms with van der Waals surface area (Å²) in [7, 11) is 0. The molecule has 1 saturated carbocycles. The molecule has 1 N–H and O–H groups in total. The number of hydrogen-bond donors (Lipinski definition) is 1. The van der Waals surface area contributed by atoms with Gasteiger partial charge in [0.05, 0.1) is 6.54 Å². The van der Waals surface area contributed by atoms with Crippen molar-refractivity contribution in [1.82, 2.24) is 15.1 Å². The van der Waals surface area contributed by atoms with Gasteiger partial charge in [-0.1, -0.05) is 49.2 Å². The Labute approximate surface area is 161 Å². The Morgan fingerprint density at radius 1 is 1.00 bits per heavy atom. The molecule has 2 aromatic carbocycles. The van der Waals surface area contributed by atoms with Crippen molar-refractivity contribution in [2.45, 2.75) is 31.7 Å². The molecular formula is C22H29N3O2. The Morgan fingerprint density at radius 2 is 1.74 bits per heavy atom. The SMILES string of the molecule is O=C(NCCOc1cccc2ccccc12)N1CCN(C2CCCC2)CC1. The lowest BCUT2D eigenvalue weighted by molar-refractivity contribution is 0.109. The van der Waals surface area contributed by atoms with Gasteiger partial charge in [0.25, 0.3) is 0 Å². The highest BCUT2D eigenvalue weighted by Gasteiger charge is 2.27. The fourth-order valence-corrected chi connectivity index (χ4v) is 4.31. The first-order valence-corrected chi connectivity index (χ1v) is 10.2. The van der Waals surface area contributed by atoms with E-state index in [9.17, 15) is 4.79 Å². The van der Waals surface area contributed by atoms with Gasteiger partial charge in [0.1, 0.15) is 12.4 Å². The van der Waals surface area contributed by atoms with E-state index in [0.717, 1.165) is 43.4 Å². The third-order valence-electron chi connectivity index (χ3n) is 5.83. The molecule has 0 unspecified atom stereocenters. The molecule has 0 bridgehead atoms. The van der Waals surface area contributed by atoms with Gasteiger partial charge in [0, 0.05) is 37.6 Å². The second-order valence-corrected chi connectivity index (χ2v) is 7.52. The number of nitrogens with zero attached hydrogens (tertiary/aromatic N) is 2. The van der Waals surface area contributed by atoms with Crippen molar-refractivity contribution in [2.24, 2.45) is 0 Å². The maximum Gasteiger partial charge on any atom is 0.317 e. The first-order chi connectivity index (χ1) is 13.3.